The van der Waals surface area contributed by atoms with Crippen LogP contribution in [0.1, 0.15) is 26.2 Å². The second-order valence-electron chi connectivity index (χ2n) is 14.1. The molecule has 0 saturated carbocycles. The van der Waals surface area contributed by atoms with Gasteiger partial charge in [0.05, 0.1) is 11.1 Å². The largest absolute Gasteiger partial charge is 0.310 e. The number of benzene rings is 4. The standard InChI is InChI=1S/C46H37N5/c1-46-28-27-34(33-25-26-41-38(29-33)36-21-11-13-23-40(36)50(41)35-19-9-4-10-20-35)30-39(46)37-22-12-14-24-42(37)51(46)45-48-43(31-15-5-2-6-16-31)47-44(49-45)32-17-7-3-8-18-32/h2-13,15-23,26-30,33,39H,14,24-25H2,1H3. The third kappa shape index (κ3) is 4.79. The molecule has 0 N–H and O–H groups in total. The molecule has 5 heteroatoms. The fraction of sp³-hybridized carbons (Fsp3) is 0.152. The molecule has 0 bridgehead atoms. The van der Waals surface area contributed by atoms with Gasteiger partial charge in [-0.25, -0.2) is 4.98 Å². The Kier molecular flexibility index (Phi) is 6.88. The minimum Gasteiger partial charge on any atom is -0.310 e. The van der Waals surface area contributed by atoms with Crippen LogP contribution in [-0.4, -0.2) is 25.1 Å². The van der Waals surface area contributed by atoms with Gasteiger partial charge in [0.25, 0.3) is 0 Å². The maximum Gasteiger partial charge on any atom is 0.234 e. The Labute approximate surface area is 297 Å². The first-order valence-corrected chi connectivity index (χ1v) is 18.0. The summed E-state index contributed by atoms with van der Waals surface area (Å²) in [6.45, 7) is 2.35. The molecule has 0 radical (unpaired) electrons. The molecule has 51 heavy (non-hydrogen) atoms. The summed E-state index contributed by atoms with van der Waals surface area (Å²) < 4.78 is 2.42. The molecule has 10 rings (SSSR count). The van der Waals surface area contributed by atoms with Crippen LogP contribution < -0.4 is 15.5 Å². The highest BCUT2D eigenvalue weighted by atomic mass is 15.3. The van der Waals surface area contributed by atoms with Crippen molar-refractivity contribution in [3.63, 3.8) is 0 Å². The van der Waals surface area contributed by atoms with Crippen LogP contribution in [0.4, 0.5) is 5.95 Å². The molecule has 3 heterocycles. The Morgan fingerprint density at radius 2 is 1.37 bits per heavy atom. The van der Waals surface area contributed by atoms with Crippen molar-refractivity contribution in [2.75, 3.05) is 4.90 Å². The number of para-hydroxylation sites is 2. The molecular formula is C46H37N5. The fourth-order valence-electron chi connectivity index (χ4n) is 8.63. The number of rotatable bonds is 5. The smallest absolute Gasteiger partial charge is 0.234 e. The number of aromatic nitrogens is 4. The average molecular weight is 660 g/mol. The van der Waals surface area contributed by atoms with Gasteiger partial charge in [0, 0.05) is 50.3 Å². The van der Waals surface area contributed by atoms with Crippen molar-refractivity contribution < 1.29 is 0 Å². The fourth-order valence-corrected chi connectivity index (χ4v) is 8.63. The van der Waals surface area contributed by atoms with Gasteiger partial charge < -0.3 is 9.47 Å². The highest BCUT2D eigenvalue weighted by Gasteiger charge is 2.50. The van der Waals surface area contributed by atoms with E-state index in [9.17, 15) is 0 Å². The van der Waals surface area contributed by atoms with Crippen LogP contribution in [0.5, 0.6) is 0 Å². The van der Waals surface area contributed by atoms with E-state index < -0.39 is 0 Å². The quantitative estimate of drug-likeness (QED) is 0.186. The van der Waals surface area contributed by atoms with Gasteiger partial charge in [-0.15, -0.1) is 0 Å². The topological polar surface area (TPSA) is 46.8 Å². The van der Waals surface area contributed by atoms with Gasteiger partial charge in [0.15, 0.2) is 11.6 Å². The molecule has 3 aliphatic carbocycles. The van der Waals surface area contributed by atoms with Crippen molar-refractivity contribution in [3.8, 4) is 28.5 Å². The van der Waals surface area contributed by atoms with E-state index in [2.05, 4.69) is 138 Å². The molecule has 4 aliphatic rings. The van der Waals surface area contributed by atoms with E-state index >= 15 is 0 Å². The summed E-state index contributed by atoms with van der Waals surface area (Å²) in [5.74, 6) is 2.53. The number of allylic oxidation sites excluding steroid dienone is 5. The lowest BCUT2D eigenvalue weighted by Crippen LogP contribution is -2.46. The number of fused-ring (bicyclic) bond motifs is 5. The minimum atomic E-state index is -0.362. The van der Waals surface area contributed by atoms with Crippen molar-refractivity contribution >= 4 is 29.0 Å². The zero-order valence-corrected chi connectivity index (χ0v) is 28.5. The van der Waals surface area contributed by atoms with E-state index in [0.29, 0.717) is 17.6 Å². The molecule has 2 aromatic heterocycles. The summed E-state index contributed by atoms with van der Waals surface area (Å²) in [5, 5.41) is 3.91. The van der Waals surface area contributed by atoms with E-state index in [1.165, 1.54) is 44.0 Å². The molecule has 3 atom stereocenters. The van der Waals surface area contributed by atoms with Gasteiger partial charge in [-0.2, -0.15) is 9.97 Å². The maximum absolute atomic E-state index is 5.21. The monoisotopic (exact) mass is 659 g/mol. The summed E-state index contributed by atoms with van der Waals surface area (Å²) in [7, 11) is 0. The summed E-state index contributed by atoms with van der Waals surface area (Å²) in [6.07, 6.45) is 19.9. The second-order valence-corrected chi connectivity index (χ2v) is 14.1. The van der Waals surface area contributed by atoms with Crippen LogP contribution in [0.2, 0.25) is 0 Å². The van der Waals surface area contributed by atoms with Crippen LogP contribution in [-0.2, 0) is 0 Å². The Morgan fingerprint density at radius 1 is 0.706 bits per heavy atom. The van der Waals surface area contributed by atoms with Crippen LogP contribution in [0.25, 0.3) is 51.5 Å². The molecule has 246 valence electrons. The predicted octanol–water partition coefficient (Wildman–Crippen LogP) is 8.73. The number of nitrogens with zero attached hydrogens (tertiary/aromatic N) is 5. The van der Waals surface area contributed by atoms with Crippen LogP contribution in [0.15, 0.2) is 162 Å². The van der Waals surface area contributed by atoms with E-state index in [-0.39, 0.29) is 17.4 Å². The summed E-state index contributed by atoms with van der Waals surface area (Å²) in [6, 6.07) is 40.1. The lowest BCUT2D eigenvalue weighted by Gasteiger charge is -2.40. The lowest BCUT2D eigenvalue weighted by atomic mass is 9.74. The van der Waals surface area contributed by atoms with E-state index in [1.54, 1.807) is 0 Å². The van der Waals surface area contributed by atoms with E-state index in [1.807, 2.05) is 36.4 Å². The minimum absolute atomic E-state index is 0.168. The summed E-state index contributed by atoms with van der Waals surface area (Å²) in [5.41, 5.74) is 8.10. The first-order chi connectivity index (χ1) is 25.2. The van der Waals surface area contributed by atoms with Crippen LogP contribution in [0.3, 0.4) is 0 Å². The average Bonchev–Trinajstić information content (AvgIpc) is 3.67. The zero-order valence-electron chi connectivity index (χ0n) is 28.5. The first-order valence-electron chi connectivity index (χ1n) is 18.0. The van der Waals surface area contributed by atoms with Gasteiger partial charge in [-0.1, -0.05) is 140 Å². The zero-order chi connectivity index (χ0) is 33.9. The Bertz CT molecular complexity index is 2520. The molecule has 5 nitrogen and oxygen atoms in total. The third-order valence-electron chi connectivity index (χ3n) is 11.1. The molecular weight excluding hydrogens is 623 g/mol. The van der Waals surface area contributed by atoms with Crippen molar-refractivity contribution in [3.05, 3.63) is 173 Å². The van der Waals surface area contributed by atoms with E-state index in [0.717, 1.165) is 30.4 Å². The number of hydrogen-bond donors (Lipinski definition) is 0. The van der Waals surface area contributed by atoms with Crippen molar-refractivity contribution in [1.82, 2.24) is 19.5 Å². The van der Waals surface area contributed by atoms with Gasteiger partial charge in [-0.05, 0) is 55.5 Å². The molecule has 6 aromatic rings. The van der Waals surface area contributed by atoms with Crippen LogP contribution >= 0.6 is 0 Å². The molecule has 0 amide bonds. The number of anilines is 1. The normalized spacial score (nSPS) is 21.8. The van der Waals surface area contributed by atoms with Gasteiger partial charge in [0.2, 0.25) is 5.95 Å². The van der Waals surface area contributed by atoms with E-state index in [4.69, 9.17) is 15.0 Å². The molecule has 0 fully saturated rings. The lowest BCUT2D eigenvalue weighted by molar-refractivity contribution is 0.482. The first kappa shape index (κ1) is 29.8. The highest BCUT2D eigenvalue weighted by molar-refractivity contribution is 5.85. The van der Waals surface area contributed by atoms with Gasteiger partial charge in [-0.3, -0.25) is 0 Å². The Balaban J connectivity index is 1.08. The molecule has 4 aromatic carbocycles. The molecule has 0 saturated heterocycles. The van der Waals surface area contributed by atoms with Gasteiger partial charge >= 0.3 is 0 Å². The molecule has 1 aliphatic heterocycles. The van der Waals surface area contributed by atoms with Crippen molar-refractivity contribution in [1.29, 1.82) is 0 Å². The second kappa shape index (κ2) is 11.8. The Morgan fingerprint density at radius 3 is 2.10 bits per heavy atom. The molecule has 0 spiro atoms. The third-order valence-corrected chi connectivity index (χ3v) is 11.1. The Hall–Kier alpha value is -6.07. The molecule has 3 unspecified atom stereocenters. The highest BCUT2D eigenvalue weighted by Crippen LogP contribution is 2.51. The number of hydrogen-bond acceptors (Lipinski definition) is 4. The predicted molar refractivity (Wildman–Crippen MR) is 207 cm³/mol. The van der Waals surface area contributed by atoms with Gasteiger partial charge in [0.1, 0.15) is 0 Å². The van der Waals surface area contributed by atoms with Crippen LogP contribution in [0, 0.1) is 11.8 Å². The summed E-state index contributed by atoms with van der Waals surface area (Å²) in [4.78, 5) is 17.8. The van der Waals surface area contributed by atoms with Crippen molar-refractivity contribution in [2.45, 2.75) is 31.7 Å². The summed E-state index contributed by atoms with van der Waals surface area (Å²) >= 11 is 0. The van der Waals surface area contributed by atoms with Crippen molar-refractivity contribution in [2.24, 2.45) is 11.8 Å². The SMILES string of the molecule is CC12C=CC(C3C=c4c(n(-c5ccccc5)c5ccccc45)=CC3)=CC1C1=C(CCC=C1)N2c1nc(-c2ccccc2)nc(-c2ccccc2)n1. The maximum atomic E-state index is 5.21.